The molecule has 3 heteroatoms. The fourth-order valence-electron chi connectivity index (χ4n) is 1.68. The lowest BCUT2D eigenvalue weighted by Gasteiger charge is -1.94. The Morgan fingerprint density at radius 3 is 1.82 bits per heavy atom. The van der Waals surface area contributed by atoms with Gasteiger partial charge < -0.3 is 17.9 Å². The van der Waals surface area contributed by atoms with Gasteiger partial charge in [-0.25, -0.2) is 4.57 Å². The summed E-state index contributed by atoms with van der Waals surface area (Å²) >= 11 is 0. The summed E-state index contributed by atoms with van der Waals surface area (Å²) in [4.78, 5) is 0. The van der Waals surface area contributed by atoms with Crippen LogP contribution in [0.2, 0.25) is 0 Å². The molecule has 0 saturated carbocycles. The van der Waals surface area contributed by atoms with Gasteiger partial charge in [-0.15, -0.1) is 0 Å². The van der Waals surface area contributed by atoms with Gasteiger partial charge in [0.25, 0.3) is 0 Å². The average Bonchev–Trinajstić information content (AvgIpc) is 2.54. The topological polar surface area (TPSA) is 35.4 Å². The van der Waals surface area contributed by atoms with E-state index in [0.717, 1.165) is 6.54 Å². The first-order valence-electron chi connectivity index (χ1n) is 7.09. The van der Waals surface area contributed by atoms with E-state index in [1.165, 1.54) is 24.0 Å². The molecular formula is C19H26ClNO. The second kappa shape index (κ2) is 14.1. The number of hydrogen-bond acceptors (Lipinski definition) is 0. The molecular weight excluding hydrogens is 294 g/mol. The van der Waals surface area contributed by atoms with Crippen molar-refractivity contribution in [2.45, 2.75) is 26.3 Å². The Morgan fingerprint density at radius 1 is 0.909 bits per heavy atom. The summed E-state index contributed by atoms with van der Waals surface area (Å²) in [6.45, 7) is 10.7. The Morgan fingerprint density at radius 2 is 1.41 bits per heavy atom. The first-order valence-corrected chi connectivity index (χ1v) is 7.09. The molecule has 1 aromatic heterocycles. The van der Waals surface area contributed by atoms with Crippen molar-refractivity contribution in [3.8, 4) is 0 Å². The zero-order chi connectivity index (χ0) is 14.6. The first kappa shape index (κ1) is 22.4. The van der Waals surface area contributed by atoms with Gasteiger partial charge >= 0.3 is 0 Å². The molecule has 0 aliphatic heterocycles. The molecule has 0 saturated heterocycles. The van der Waals surface area contributed by atoms with Crippen LogP contribution in [0.15, 0.2) is 68.0 Å². The van der Waals surface area contributed by atoms with E-state index in [9.17, 15) is 0 Å². The molecule has 0 fully saturated rings. The van der Waals surface area contributed by atoms with Crippen LogP contribution in [-0.2, 0) is 6.54 Å². The molecule has 0 bridgehead atoms. The van der Waals surface area contributed by atoms with Gasteiger partial charge in [0, 0.05) is 18.6 Å². The maximum atomic E-state index is 3.71. The van der Waals surface area contributed by atoms with Gasteiger partial charge in [0.1, 0.15) is 6.54 Å². The summed E-state index contributed by atoms with van der Waals surface area (Å²) in [6, 6.07) is 14.2. The molecule has 1 heterocycles. The number of benzene rings is 1. The summed E-state index contributed by atoms with van der Waals surface area (Å²) in [5.41, 5.74) is 2.36. The lowest BCUT2D eigenvalue weighted by atomic mass is 10.2. The molecule has 0 unspecified atom stereocenters. The van der Waals surface area contributed by atoms with Crippen LogP contribution in [0.1, 0.15) is 30.9 Å². The summed E-state index contributed by atoms with van der Waals surface area (Å²) in [5.74, 6) is 0. The van der Waals surface area contributed by atoms with Gasteiger partial charge in [-0.3, -0.25) is 0 Å². The van der Waals surface area contributed by atoms with Crippen molar-refractivity contribution in [3.05, 3.63) is 79.1 Å². The summed E-state index contributed by atoms with van der Waals surface area (Å²) in [5, 5.41) is 0. The number of nitrogens with zero attached hydrogens (tertiary/aromatic N) is 1. The van der Waals surface area contributed by atoms with Crippen molar-refractivity contribution in [2.24, 2.45) is 0 Å². The minimum atomic E-state index is 0. The highest BCUT2D eigenvalue weighted by molar-refractivity contribution is 5.45. The van der Waals surface area contributed by atoms with Gasteiger partial charge in [-0.05, 0) is 11.1 Å². The molecule has 1 aromatic carbocycles. The smallest absolute Gasteiger partial charge is 0.169 e. The van der Waals surface area contributed by atoms with Crippen molar-refractivity contribution in [3.63, 3.8) is 0 Å². The van der Waals surface area contributed by atoms with Crippen LogP contribution in [0, 0.1) is 0 Å². The van der Waals surface area contributed by atoms with Crippen LogP contribution in [0.5, 0.6) is 0 Å². The van der Waals surface area contributed by atoms with Crippen molar-refractivity contribution in [1.29, 1.82) is 0 Å². The van der Waals surface area contributed by atoms with Crippen LogP contribution < -0.4 is 17.0 Å². The molecule has 2 aromatic rings. The second-order valence-electron chi connectivity index (χ2n) is 4.54. The Labute approximate surface area is 140 Å². The zero-order valence-electron chi connectivity index (χ0n) is 13.2. The van der Waals surface area contributed by atoms with E-state index >= 15 is 0 Å². The van der Waals surface area contributed by atoms with Gasteiger partial charge in [0.05, 0.1) is 0 Å². The number of hydrogen-bond donors (Lipinski definition) is 0. The lowest BCUT2D eigenvalue weighted by Crippen LogP contribution is -3.00. The number of unbranched alkanes of at least 4 members (excludes halogenated alkanes) is 1. The second-order valence-corrected chi connectivity index (χ2v) is 4.54. The first-order chi connectivity index (χ1) is 9.80. The lowest BCUT2D eigenvalue weighted by molar-refractivity contribution is -0.697. The molecule has 0 spiro atoms. The fourth-order valence-corrected chi connectivity index (χ4v) is 1.68. The molecule has 0 aliphatic rings. The van der Waals surface area contributed by atoms with Crippen LogP contribution in [0.4, 0.5) is 0 Å². The predicted octanol–water partition coefficient (Wildman–Crippen LogP) is 0.926. The SMILES string of the molecule is C=Cc1cc[n+](CCCC)cc1.C=Cc1ccccc1.O.[Cl-]. The highest BCUT2D eigenvalue weighted by atomic mass is 35.5. The van der Waals surface area contributed by atoms with Gasteiger partial charge in [-0.2, -0.15) is 0 Å². The molecule has 2 nitrogen and oxygen atoms in total. The minimum Gasteiger partial charge on any atom is -1.00 e. The number of aromatic nitrogens is 1. The third-order valence-corrected chi connectivity index (χ3v) is 2.96. The number of halogens is 1. The van der Waals surface area contributed by atoms with Crippen molar-refractivity contribution in [1.82, 2.24) is 0 Å². The molecule has 0 aliphatic carbocycles. The van der Waals surface area contributed by atoms with Crippen LogP contribution in [-0.4, -0.2) is 5.48 Å². The maximum absolute atomic E-state index is 3.71. The van der Waals surface area contributed by atoms with Gasteiger partial charge in [0.2, 0.25) is 0 Å². The molecule has 0 radical (unpaired) electrons. The largest absolute Gasteiger partial charge is 1.00 e. The highest BCUT2D eigenvalue weighted by Gasteiger charge is 1.96. The number of rotatable bonds is 5. The quantitative estimate of drug-likeness (QED) is 0.735. The number of pyridine rings is 1. The van der Waals surface area contributed by atoms with Crippen LogP contribution >= 0.6 is 0 Å². The van der Waals surface area contributed by atoms with E-state index < -0.39 is 0 Å². The maximum Gasteiger partial charge on any atom is 0.169 e. The van der Waals surface area contributed by atoms with Crippen molar-refractivity contribution < 1.29 is 22.5 Å². The molecule has 0 atom stereocenters. The third-order valence-electron chi connectivity index (χ3n) is 2.96. The Kier molecular flexibility index (Phi) is 14.3. The normalized spacial score (nSPS) is 8.41. The summed E-state index contributed by atoms with van der Waals surface area (Å²) in [7, 11) is 0. The Hall–Kier alpha value is -1.90. The average molecular weight is 320 g/mol. The monoisotopic (exact) mass is 319 g/mol. The predicted molar refractivity (Wildman–Crippen MR) is 91.8 cm³/mol. The number of aryl methyl sites for hydroxylation is 1. The third kappa shape index (κ3) is 9.11. The zero-order valence-corrected chi connectivity index (χ0v) is 14.0. The molecule has 22 heavy (non-hydrogen) atoms. The minimum absolute atomic E-state index is 0. The fraction of sp³-hybridized carbons (Fsp3) is 0.211. The Bertz CT molecular complexity index is 509. The van der Waals surface area contributed by atoms with E-state index in [1.807, 2.05) is 42.5 Å². The van der Waals surface area contributed by atoms with Crippen LogP contribution in [0.3, 0.4) is 0 Å². The standard InChI is InChI=1S/C11H16N.C8H8.ClH.H2O/c1-3-5-8-12-9-6-11(4-2)7-10-12;1-2-8-6-4-3-5-7-8;;/h4,6-7,9-10H,2-3,5,8H2,1H3;2-7H,1H2;1H;1H2/q+1;;;/p-1. The van der Waals surface area contributed by atoms with E-state index in [0.29, 0.717) is 0 Å². The van der Waals surface area contributed by atoms with E-state index in [1.54, 1.807) is 0 Å². The van der Waals surface area contributed by atoms with Gasteiger partial charge in [0.15, 0.2) is 12.4 Å². The molecule has 2 rings (SSSR count). The van der Waals surface area contributed by atoms with Gasteiger partial charge in [-0.1, -0.05) is 69.0 Å². The molecule has 0 amide bonds. The van der Waals surface area contributed by atoms with Crippen LogP contribution in [0.25, 0.3) is 12.2 Å². The van der Waals surface area contributed by atoms with E-state index in [4.69, 9.17) is 0 Å². The van der Waals surface area contributed by atoms with E-state index in [-0.39, 0.29) is 17.9 Å². The summed E-state index contributed by atoms with van der Waals surface area (Å²) < 4.78 is 2.20. The Balaban J connectivity index is 0. The molecule has 120 valence electrons. The van der Waals surface area contributed by atoms with E-state index in [2.05, 4.69) is 49.2 Å². The summed E-state index contributed by atoms with van der Waals surface area (Å²) in [6.07, 6.45) is 10.4. The molecule has 2 N–H and O–H groups in total. The van der Waals surface area contributed by atoms with Crippen molar-refractivity contribution in [2.75, 3.05) is 0 Å². The van der Waals surface area contributed by atoms with Crippen molar-refractivity contribution >= 4 is 12.2 Å². The highest BCUT2D eigenvalue weighted by Crippen LogP contribution is 1.97.